The summed E-state index contributed by atoms with van der Waals surface area (Å²) in [6.07, 6.45) is 5.70. The Morgan fingerprint density at radius 3 is 2.50 bits per heavy atom. The summed E-state index contributed by atoms with van der Waals surface area (Å²) in [5.74, 6) is 0. The molecular formula is C13H19NWY-2. The third-order valence-corrected chi connectivity index (χ3v) is 3.81. The van der Waals surface area contributed by atoms with E-state index < -0.39 is 0 Å². The molecule has 0 fully saturated rings. The van der Waals surface area contributed by atoms with Crippen molar-refractivity contribution in [1.82, 2.24) is 0 Å². The van der Waals surface area contributed by atoms with Crippen molar-refractivity contribution in [2.45, 2.75) is 27.2 Å². The standard InChI is InChI=1S/C13H19N.W.Y/c1-10-5-7-13(4)9-14-8-6-11(13)12(10,2)3;;/h5-6H,1,7-9H2,2-4H3;;/q-2;;/t13-;;/m1../s1. The predicted octanol–water partition coefficient (Wildman–Crippen LogP) is 3.49. The first-order chi connectivity index (χ1) is 6.47. The van der Waals surface area contributed by atoms with Gasteiger partial charge in [-0.15, -0.1) is 19.2 Å². The number of allylic oxidation sites excluding steroid dienone is 2. The second-order valence-electron chi connectivity index (χ2n) is 5.30. The molecule has 1 heterocycles. The molecule has 1 atom stereocenters. The average Bonchev–Trinajstić information content (AvgIpc) is 2.13. The van der Waals surface area contributed by atoms with Crippen molar-refractivity contribution < 1.29 is 53.8 Å². The Bertz CT molecular complexity index is 320. The molecule has 0 aromatic rings. The van der Waals surface area contributed by atoms with Crippen LogP contribution in [0.1, 0.15) is 27.2 Å². The Hall–Kier alpha value is 1.10. The first kappa shape index (κ1) is 17.1. The van der Waals surface area contributed by atoms with E-state index >= 15 is 0 Å². The largest absolute Gasteiger partial charge is 0.658 e. The van der Waals surface area contributed by atoms with Crippen molar-refractivity contribution in [2.24, 2.45) is 10.8 Å². The van der Waals surface area contributed by atoms with Crippen LogP contribution in [-0.4, -0.2) is 13.1 Å². The summed E-state index contributed by atoms with van der Waals surface area (Å²) in [7, 11) is 0. The van der Waals surface area contributed by atoms with Gasteiger partial charge in [0.2, 0.25) is 0 Å². The molecule has 1 nitrogen and oxygen atoms in total. The van der Waals surface area contributed by atoms with Crippen molar-refractivity contribution in [1.29, 1.82) is 0 Å². The Labute approximate surface area is 139 Å². The molecule has 1 radical (unpaired) electrons. The van der Waals surface area contributed by atoms with E-state index in [1.807, 2.05) is 0 Å². The van der Waals surface area contributed by atoms with Crippen LogP contribution in [0.2, 0.25) is 0 Å². The van der Waals surface area contributed by atoms with Crippen molar-refractivity contribution in [3.05, 3.63) is 35.5 Å². The Morgan fingerprint density at radius 2 is 1.88 bits per heavy atom. The molecule has 0 N–H and O–H groups in total. The molecule has 0 saturated heterocycles. The summed E-state index contributed by atoms with van der Waals surface area (Å²) in [6.45, 7) is 12.9. The second-order valence-corrected chi connectivity index (χ2v) is 5.30. The van der Waals surface area contributed by atoms with E-state index in [2.05, 4.69) is 45.2 Å². The Morgan fingerprint density at radius 1 is 1.25 bits per heavy atom. The summed E-state index contributed by atoms with van der Waals surface area (Å²) >= 11 is 0. The molecule has 1 aliphatic carbocycles. The third-order valence-electron chi connectivity index (χ3n) is 3.81. The normalized spacial score (nSPS) is 31.2. The number of hydrogen-bond donors (Lipinski definition) is 0. The van der Waals surface area contributed by atoms with Gasteiger partial charge in [0.1, 0.15) is 0 Å². The van der Waals surface area contributed by atoms with Gasteiger partial charge in [0.15, 0.2) is 0 Å². The molecule has 0 aromatic heterocycles. The summed E-state index contributed by atoms with van der Waals surface area (Å²) in [6, 6.07) is 0. The van der Waals surface area contributed by atoms with Crippen LogP contribution in [0.3, 0.4) is 0 Å². The number of hydrogen-bond acceptors (Lipinski definition) is 0. The van der Waals surface area contributed by atoms with Gasteiger partial charge in [0.05, 0.1) is 0 Å². The maximum absolute atomic E-state index is 4.50. The minimum absolute atomic E-state index is 0. The monoisotopic (exact) mass is 462 g/mol. The quantitative estimate of drug-likeness (QED) is 0.387. The zero-order chi connectivity index (χ0) is 10.4. The van der Waals surface area contributed by atoms with Crippen LogP contribution in [0.25, 0.3) is 5.32 Å². The third kappa shape index (κ3) is 2.74. The Balaban J connectivity index is 0.00000112. The van der Waals surface area contributed by atoms with Gasteiger partial charge in [-0.1, -0.05) is 32.8 Å². The predicted molar refractivity (Wildman–Crippen MR) is 61.1 cm³/mol. The van der Waals surface area contributed by atoms with Crippen LogP contribution < -0.4 is 0 Å². The van der Waals surface area contributed by atoms with Gasteiger partial charge in [-0.25, -0.2) is 18.6 Å². The number of fused-ring (bicyclic) bond motifs is 1. The summed E-state index contributed by atoms with van der Waals surface area (Å²) in [4.78, 5) is 0. The molecule has 1 aliphatic heterocycles. The van der Waals surface area contributed by atoms with Crippen LogP contribution >= 0.6 is 0 Å². The van der Waals surface area contributed by atoms with Crippen molar-refractivity contribution in [2.75, 3.05) is 13.1 Å². The van der Waals surface area contributed by atoms with Gasteiger partial charge in [-0.2, -0.15) is 0 Å². The first-order valence-corrected chi connectivity index (χ1v) is 5.34. The van der Waals surface area contributed by atoms with Crippen LogP contribution in [0.15, 0.2) is 23.3 Å². The minimum atomic E-state index is 0. The van der Waals surface area contributed by atoms with Gasteiger partial charge in [-0.05, 0) is 10.8 Å². The maximum Gasteiger partial charge on any atom is 0 e. The smallest absolute Gasteiger partial charge is 0 e. The molecule has 0 aromatic carbocycles. The van der Waals surface area contributed by atoms with Crippen molar-refractivity contribution >= 4 is 0 Å². The van der Waals surface area contributed by atoms with Gasteiger partial charge >= 0.3 is 0 Å². The van der Waals surface area contributed by atoms with Crippen LogP contribution in [0, 0.1) is 17.8 Å². The van der Waals surface area contributed by atoms with Crippen molar-refractivity contribution in [3.63, 3.8) is 0 Å². The molecule has 3 heteroatoms. The molecular weight excluding hydrogens is 443 g/mol. The zero-order valence-corrected chi connectivity index (χ0v) is 16.2. The molecule has 16 heavy (non-hydrogen) atoms. The van der Waals surface area contributed by atoms with Crippen LogP contribution in [-0.2, 0) is 53.8 Å². The molecule has 0 saturated carbocycles. The molecule has 2 rings (SSSR count). The van der Waals surface area contributed by atoms with E-state index in [-0.39, 0.29) is 64.6 Å². The SMILES string of the molecule is [CH2-]C1=CC[C@]2(C)C[N-]CC=C2C1(C)C.[W].[Y]. The fourth-order valence-corrected chi connectivity index (χ4v) is 2.76. The van der Waals surface area contributed by atoms with Gasteiger partial charge in [-0.3, -0.25) is 0 Å². The first-order valence-electron chi connectivity index (χ1n) is 5.34. The summed E-state index contributed by atoms with van der Waals surface area (Å²) in [5, 5.41) is 4.50. The molecule has 87 valence electrons. The molecule has 0 bridgehead atoms. The topological polar surface area (TPSA) is 14.1 Å². The molecule has 2 aliphatic rings. The van der Waals surface area contributed by atoms with E-state index in [0.717, 1.165) is 19.5 Å². The van der Waals surface area contributed by atoms with E-state index in [9.17, 15) is 0 Å². The molecule has 0 spiro atoms. The van der Waals surface area contributed by atoms with Crippen LogP contribution in [0.4, 0.5) is 0 Å². The van der Waals surface area contributed by atoms with E-state index in [0.29, 0.717) is 0 Å². The number of rotatable bonds is 0. The number of nitrogens with zero attached hydrogens (tertiary/aromatic N) is 1. The summed E-state index contributed by atoms with van der Waals surface area (Å²) in [5.41, 5.74) is 3.22. The fourth-order valence-electron chi connectivity index (χ4n) is 2.76. The Kier molecular flexibility index (Phi) is 6.23. The second kappa shape index (κ2) is 5.83. The summed E-state index contributed by atoms with van der Waals surface area (Å²) < 4.78 is 0. The minimum Gasteiger partial charge on any atom is -0.658 e. The molecule has 0 amide bonds. The van der Waals surface area contributed by atoms with Gasteiger partial charge in [0, 0.05) is 53.8 Å². The maximum atomic E-state index is 4.50. The zero-order valence-electron chi connectivity index (χ0n) is 10.4. The molecule has 0 unspecified atom stereocenters. The van der Waals surface area contributed by atoms with E-state index in [1.165, 1.54) is 5.57 Å². The average molecular weight is 462 g/mol. The van der Waals surface area contributed by atoms with E-state index in [1.54, 1.807) is 5.57 Å². The fraction of sp³-hybridized carbons (Fsp3) is 0.615. The van der Waals surface area contributed by atoms with Gasteiger partial charge in [0.25, 0.3) is 0 Å². The van der Waals surface area contributed by atoms with Crippen molar-refractivity contribution in [3.8, 4) is 0 Å². The van der Waals surface area contributed by atoms with Gasteiger partial charge < -0.3 is 5.32 Å². The van der Waals surface area contributed by atoms with Crippen LogP contribution in [0.5, 0.6) is 0 Å². The van der Waals surface area contributed by atoms with E-state index in [4.69, 9.17) is 0 Å².